The molecular formula is C20H23ClN5O4+. The summed E-state index contributed by atoms with van der Waals surface area (Å²) in [6, 6.07) is 13.3. The molecule has 1 amide bonds. The number of halogens is 1. The van der Waals surface area contributed by atoms with Crippen molar-refractivity contribution in [2.75, 3.05) is 25.9 Å². The number of rotatable bonds is 10. The van der Waals surface area contributed by atoms with Crippen molar-refractivity contribution in [1.82, 2.24) is 15.6 Å². The zero-order valence-corrected chi connectivity index (χ0v) is 17.2. The molecule has 10 heteroatoms. The van der Waals surface area contributed by atoms with Gasteiger partial charge in [-0.15, -0.1) is 0 Å². The first-order chi connectivity index (χ1) is 14.6. The highest BCUT2D eigenvalue weighted by atomic mass is 35.5. The van der Waals surface area contributed by atoms with Crippen LogP contribution in [0, 0.1) is 0 Å². The molecule has 30 heavy (non-hydrogen) atoms. The number of hydrogen-bond donors (Lipinski definition) is 3. The molecule has 0 aliphatic carbocycles. The lowest BCUT2D eigenvalue weighted by Gasteiger charge is -2.12. The topological polar surface area (TPSA) is 129 Å². The van der Waals surface area contributed by atoms with E-state index in [0.29, 0.717) is 36.2 Å². The number of nitrogens with one attached hydrogen (secondary N) is 1. The number of amides is 1. The molecule has 0 bridgehead atoms. The molecule has 0 radical (unpaired) electrons. The molecule has 2 aromatic carbocycles. The summed E-state index contributed by atoms with van der Waals surface area (Å²) in [6.45, 7) is 2.26. The van der Waals surface area contributed by atoms with E-state index >= 15 is 0 Å². The lowest BCUT2D eigenvalue weighted by molar-refractivity contribution is -0.668. The van der Waals surface area contributed by atoms with Gasteiger partial charge in [0, 0.05) is 10.6 Å². The molecule has 0 fully saturated rings. The molecule has 1 aromatic heterocycles. The van der Waals surface area contributed by atoms with Crippen molar-refractivity contribution in [3.8, 4) is 11.5 Å². The van der Waals surface area contributed by atoms with Crippen molar-refractivity contribution >= 4 is 23.3 Å². The standard InChI is InChI=1S/C20H22ClN5O4/c1-28-17-10-14(4-7-16(17)29-12-13-2-5-15(21)6-3-13)11-23-8-9-24-20(27)18-19(22)26-30-25-18/h2-7,10,23H,8-9,11-12H2,1H3,(H2,22,26)(H,24,27)/p+1. The number of ether oxygens (including phenoxy) is 2. The van der Waals surface area contributed by atoms with Crippen molar-refractivity contribution in [2.45, 2.75) is 13.2 Å². The minimum Gasteiger partial charge on any atom is -0.493 e. The predicted octanol–water partition coefficient (Wildman–Crippen LogP) is 1.39. The highest BCUT2D eigenvalue weighted by Gasteiger charge is 2.15. The molecule has 0 atom stereocenters. The van der Waals surface area contributed by atoms with Crippen molar-refractivity contribution < 1.29 is 24.2 Å². The van der Waals surface area contributed by atoms with Crippen LogP contribution in [0.1, 0.15) is 21.6 Å². The maximum absolute atomic E-state index is 11.9. The number of quaternary nitrogens is 1. The highest BCUT2D eigenvalue weighted by Crippen LogP contribution is 2.28. The van der Waals surface area contributed by atoms with Crippen LogP contribution in [0.4, 0.5) is 5.82 Å². The number of carbonyl (C=O) groups is 1. The zero-order valence-electron chi connectivity index (χ0n) is 16.4. The first-order valence-electron chi connectivity index (χ1n) is 9.29. The maximum Gasteiger partial charge on any atom is 0.277 e. The number of methoxy groups -OCH3 is 1. The van der Waals surface area contributed by atoms with Gasteiger partial charge in [0.25, 0.3) is 5.91 Å². The molecule has 0 aliphatic heterocycles. The van der Waals surface area contributed by atoms with Gasteiger partial charge in [0.2, 0.25) is 11.5 Å². The van der Waals surface area contributed by atoms with Crippen molar-refractivity contribution in [3.05, 3.63) is 64.3 Å². The average molecular weight is 433 g/mol. The van der Waals surface area contributed by atoms with Crippen LogP contribution < -0.4 is 25.8 Å². The number of nitrogen functional groups attached to an aromatic ring is 1. The molecule has 3 rings (SSSR count). The number of anilines is 1. The van der Waals surface area contributed by atoms with E-state index < -0.39 is 5.91 Å². The first-order valence-corrected chi connectivity index (χ1v) is 9.66. The second-order valence-corrected chi connectivity index (χ2v) is 6.87. The molecule has 0 spiro atoms. The van der Waals surface area contributed by atoms with E-state index in [1.54, 1.807) is 7.11 Å². The van der Waals surface area contributed by atoms with E-state index in [1.807, 2.05) is 42.5 Å². The minimum absolute atomic E-state index is 0.00562. The third-order valence-electron chi connectivity index (χ3n) is 4.28. The summed E-state index contributed by atoms with van der Waals surface area (Å²) in [7, 11) is 1.61. The SMILES string of the molecule is COc1cc(C[NH2+]CCNC(=O)c2nonc2N)ccc1OCc1ccc(Cl)cc1. The fourth-order valence-electron chi connectivity index (χ4n) is 2.69. The molecule has 5 N–H and O–H groups in total. The lowest BCUT2D eigenvalue weighted by atomic mass is 10.2. The molecule has 1 heterocycles. The lowest BCUT2D eigenvalue weighted by Crippen LogP contribution is -2.84. The van der Waals surface area contributed by atoms with E-state index in [2.05, 4.69) is 25.6 Å². The minimum atomic E-state index is -0.411. The molecule has 0 saturated heterocycles. The summed E-state index contributed by atoms with van der Waals surface area (Å²) in [5.41, 5.74) is 7.57. The van der Waals surface area contributed by atoms with Gasteiger partial charge in [0.15, 0.2) is 11.5 Å². The third-order valence-corrected chi connectivity index (χ3v) is 4.53. The Balaban J connectivity index is 1.44. The van der Waals surface area contributed by atoms with Gasteiger partial charge in [0.1, 0.15) is 13.2 Å². The van der Waals surface area contributed by atoms with Crippen LogP contribution in [0.2, 0.25) is 5.02 Å². The summed E-state index contributed by atoms with van der Waals surface area (Å²) in [5.74, 6) is 0.896. The van der Waals surface area contributed by atoms with Crippen LogP contribution in [0.15, 0.2) is 47.1 Å². The van der Waals surface area contributed by atoms with Gasteiger partial charge in [-0.2, -0.15) is 0 Å². The number of hydrogen-bond acceptors (Lipinski definition) is 7. The Morgan fingerprint density at radius 2 is 1.93 bits per heavy atom. The second kappa shape index (κ2) is 10.5. The van der Waals surface area contributed by atoms with Gasteiger partial charge in [-0.1, -0.05) is 23.7 Å². The molecule has 158 valence electrons. The predicted molar refractivity (Wildman–Crippen MR) is 110 cm³/mol. The Morgan fingerprint density at radius 1 is 1.17 bits per heavy atom. The highest BCUT2D eigenvalue weighted by molar-refractivity contribution is 6.30. The van der Waals surface area contributed by atoms with Crippen LogP contribution in [-0.2, 0) is 13.2 Å². The van der Waals surface area contributed by atoms with Gasteiger partial charge in [-0.05, 0) is 46.2 Å². The van der Waals surface area contributed by atoms with Crippen LogP contribution in [-0.4, -0.2) is 36.4 Å². The Labute approximate surface area is 178 Å². The molecule has 0 saturated carbocycles. The molecule has 3 aromatic rings. The number of nitrogens with zero attached hydrogens (tertiary/aromatic N) is 2. The van der Waals surface area contributed by atoms with Gasteiger partial charge >= 0.3 is 0 Å². The van der Waals surface area contributed by atoms with Crippen LogP contribution in [0.3, 0.4) is 0 Å². The Hall–Kier alpha value is -3.30. The molecular weight excluding hydrogens is 410 g/mol. The van der Waals surface area contributed by atoms with E-state index in [-0.39, 0.29) is 11.5 Å². The van der Waals surface area contributed by atoms with E-state index in [0.717, 1.165) is 17.7 Å². The zero-order chi connectivity index (χ0) is 21.3. The van der Waals surface area contributed by atoms with Gasteiger partial charge in [-0.25, -0.2) is 4.63 Å². The number of benzene rings is 2. The number of aromatic nitrogens is 2. The van der Waals surface area contributed by atoms with E-state index in [9.17, 15) is 4.79 Å². The summed E-state index contributed by atoms with van der Waals surface area (Å²) in [5, 5.41) is 12.3. The van der Waals surface area contributed by atoms with Gasteiger partial charge in [0.05, 0.1) is 20.2 Å². The van der Waals surface area contributed by atoms with Crippen LogP contribution >= 0.6 is 11.6 Å². The maximum atomic E-state index is 11.9. The number of nitrogens with two attached hydrogens (primary N) is 2. The van der Waals surface area contributed by atoms with Crippen molar-refractivity contribution in [1.29, 1.82) is 0 Å². The quantitative estimate of drug-likeness (QED) is 0.413. The normalized spacial score (nSPS) is 10.6. The Kier molecular flexibility index (Phi) is 7.47. The Morgan fingerprint density at radius 3 is 2.63 bits per heavy atom. The summed E-state index contributed by atoms with van der Waals surface area (Å²) >= 11 is 5.90. The largest absolute Gasteiger partial charge is 0.493 e. The van der Waals surface area contributed by atoms with E-state index in [4.69, 9.17) is 26.8 Å². The first kappa shape index (κ1) is 21.4. The van der Waals surface area contributed by atoms with Gasteiger partial charge < -0.3 is 25.8 Å². The van der Waals surface area contributed by atoms with Gasteiger partial charge in [-0.3, -0.25) is 4.79 Å². The third kappa shape index (κ3) is 5.85. The van der Waals surface area contributed by atoms with Crippen LogP contribution in [0.5, 0.6) is 11.5 Å². The fraction of sp³-hybridized carbons (Fsp3) is 0.250. The number of carbonyl (C=O) groups excluding carboxylic acids is 1. The van der Waals surface area contributed by atoms with Crippen LogP contribution in [0.25, 0.3) is 0 Å². The second-order valence-electron chi connectivity index (χ2n) is 6.44. The Bertz CT molecular complexity index is 978. The molecule has 9 nitrogen and oxygen atoms in total. The van der Waals surface area contributed by atoms with Crippen molar-refractivity contribution in [2.24, 2.45) is 0 Å². The summed E-state index contributed by atoms with van der Waals surface area (Å²) < 4.78 is 15.7. The monoisotopic (exact) mass is 432 g/mol. The fourth-order valence-corrected chi connectivity index (χ4v) is 2.82. The molecule has 0 unspecified atom stereocenters. The van der Waals surface area contributed by atoms with E-state index in [1.165, 1.54) is 0 Å². The molecule has 0 aliphatic rings. The average Bonchev–Trinajstić information content (AvgIpc) is 3.19. The summed E-state index contributed by atoms with van der Waals surface area (Å²) in [4.78, 5) is 11.9. The smallest absolute Gasteiger partial charge is 0.277 e. The summed E-state index contributed by atoms with van der Waals surface area (Å²) in [6.07, 6.45) is 0. The van der Waals surface area contributed by atoms with Crippen molar-refractivity contribution in [3.63, 3.8) is 0 Å².